The molecular formula is C15H23NO2S. The van der Waals surface area contributed by atoms with Gasteiger partial charge in [0, 0.05) is 40.0 Å². The van der Waals surface area contributed by atoms with Crippen molar-refractivity contribution in [2.75, 3.05) is 18.6 Å². The third kappa shape index (κ3) is 3.80. The summed E-state index contributed by atoms with van der Waals surface area (Å²) in [6.07, 6.45) is 3.05. The summed E-state index contributed by atoms with van der Waals surface area (Å²) in [5.41, 5.74) is 1.22. The quantitative estimate of drug-likeness (QED) is 0.901. The Hall–Kier alpha value is -0.870. The van der Waals surface area contributed by atoms with Gasteiger partial charge >= 0.3 is 0 Å². The average molecular weight is 281 g/mol. The van der Waals surface area contributed by atoms with Crippen LogP contribution >= 0.6 is 0 Å². The van der Waals surface area contributed by atoms with Gasteiger partial charge in [-0.05, 0) is 25.3 Å². The van der Waals surface area contributed by atoms with Crippen LogP contribution in [0.5, 0.6) is 5.75 Å². The van der Waals surface area contributed by atoms with E-state index >= 15 is 0 Å². The van der Waals surface area contributed by atoms with Crippen molar-refractivity contribution >= 4 is 10.8 Å². The minimum Gasteiger partial charge on any atom is -0.496 e. The van der Waals surface area contributed by atoms with E-state index in [-0.39, 0.29) is 0 Å². The lowest BCUT2D eigenvalue weighted by Gasteiger charge is -2.28. The van der Waals surface area contributed by atoms with Crippen LogP contribution in [0.3, 0.4) is 0 Å². The summed E-state index contributed by atoms with van der Waals surface area (Å²) in [7, 11) is 1.12. The molecule has 3 nitrogen and oxygen atoms in total. The molecule has 4 heteroatoms. The molecule has 0 aromatic heterocycles. The molecule has 2 rings (SSSR count). The van der Waals surface area contributed by atoms with Crippen LogP contribution in [0, 0.1) is 0 Å². The van der Waals surface area contributed by atoms with Crippen molar-refractivity contribution < 1.29 is 8.95 Å². The Balaban J connectivity index is 2.05. The zero-order valence-electron chi connectivity index (χ0n) is 11.7. The minimum absolute atomic E-state index is 0.313. The fraction of sp³-hybridized carbons (Fsp3) is 0.600. The average Bonchev–Trinajstić information content (AvgIpc) is 2.46. The summed E-state index contributed by atoms with van der Waals surface area (Å²) in [5.74, 6) is 2.61. The van der Waals surface area contributed by atoms with Gasteiger partial charge in [-0.2, -0.15) is 0 Å². The third-order valence-corrected chi connectivity index (χ3v) is 5.13. The fourth-order valence-electron chi connectivity index (χ4n) is 2.63. The van der Waals surface area contributed by atoms with Gasteiger partial charge < -0.3 is 10.1 Å². The van der Waals surface area contributed by atoms with Gasteiger partial charge in [-0.25, -0.2) is 0 Å². The third-order valence-electron chi connectivity index (χ3n) is 3.75. The SMILES string of the molecule is CCC(NC1CCS(=O)CC1)c1ccccc1OC. The summed E-state index contributed by atoms with van der Waals surface area (Å²) in [6, 6.07) is 8.98. The van der Waals surface area contributed by atoms with Crippen molar-refractivity contribution in [1.82, 2.24) is 5.32 Å². The van der Waals surface area contributed by atoms with Gasteiger partial charge in [0.05, 0.1) is 7.11 Å². The van der Waals surface area contributed by atoms with Crippen molar-refractivity contribution in [3.63, 3.8) is 0 Å². The molecule has 0 amide bonds. The molecule has 1 heterocycles. The maximum absolute atomic E-state index is 11.4. The molecule has 19 heavy (non-hydrogen) atoms. The van der Waals surface area contributed by atoms with E-state index in [2.05, 4.69) is 24.4 Å². The first-order valence-corrected chi connectivity index (χ1v) is 8.47. The lowest BCUT2D eigenvalue weighted by atomic mass is 10.0. The molecule has 0 aliphatic carbocycles. The summed E-state index contributed by atoms with van der Waals surface area (Å²) < 4.78 is 16.8. The number of rotatable bonds is 5. The van der Waals surface area contributed by atoms with Gasteiger partial charge in [0.15, 0.2) is 0 Å². The van der Waals surface area contributed by atoms with Crippen molar-refractivity contribution in [3.05, 3.63) is 29.8 Å². The predicted octanol–water partition coefficient (Wildman–Crippen LogP) is 2.65. The van der Waals surface area contributed by atoms with E-state index in [1.807, 2.05) is 12.1 Å². The smallest absolute Gasteiger partial charge is 0.123 e. The molecule has 1 N–H and O–H groups in total. The molecule has 106 valence electrons. The molecular weight excluding hydrogens is 258 g/mol. The number of para-hydroxylation sites is 1. The Morgan fingerprint density at radius 2 is 2.05 bits per heavy atom. The lowest BCUT2D eigenvalue weighted by molar-refractivity contribution is 0.372. The molecule has 1 unspecified atom stereocenters. The Morgan fingerprint density at radius 3 is 2.68 bits per heavy atom. The van der Waals surface area contributed by atoms with E-state index < -0.39 is 10.8 Å². The van der Waals surface area contributed by atoms with Crippen LogP contribution in [0.25, 0.3) is 0 Å². The Kier molecular flexibility index (Phi) is 5.40. The topological polar surface area (TPSA) is 38.3 Å². The van der Waals surface area contributed by atoms with Crippen LogP contribution in [0.4, 0.5) is 0 Å². The van der Waals surface area contributed by atoms with Crippen molar-refractivity contribution in [2.24, 2.45) is 0 Å². The van der Waals surface area contributed by atoms with E-state index in [0.29, 0.717) is 12.1 Å². The highest BCUT2D eigenvalue weighted by Crippen LogP contribution is 2.28. The summed E-state index contributed by atoms with van der Waals surface area (Å²) >= 11 is 0. The van der Waals surface area contributed by atoms with Gasteiger partial charge in [0.1, 0.15) is 5.75 Å². The largest absolute Gasteiger partial charge is 0.496 e. The van der Waals surface area contributed by atoms with Gasteiger partial charge in [0.25, 0.3) is 0 Å². The van der Waals surface area contributed by atoms with Crippen LogP contribution in [0.15, 0.2) is 24.3 Å². The Morgan fingerprint density at radius 1 is 1.37 bits per heavy atom. The molecule has 1 aromatic rings. The van der Waals surface area contributed by atoms with E-state index in [0.717, 1.165) is 36.5 Å². The van der Waals surface area contributed by atoms with Crippen molar-refractivity contribution in [2.45, 2.75) is 38.3 Å². The minimum atomic E-state index is -0.593. The maximum Gasteiger partial charge on any atom is 0.123 e. The molecule has 0 spiro atoms. The van der Waals surface area contributed by atoms with Crippen molar-refractivity contribution in [3.8, 4) is 5.75 Å². The standard InChI is InChI=1S/C15H23NO2S/c1-3-14(13-6-4-5-7-15(13)18-2)16-12-8-10-19(17)11-9-12/h4-7,12,14,16H,3,8-11H2,1-2H3. The van der Waals surface area contributed by atoms with Crippen LogP contribution < -0.4 is 10.1 Å². The van der Waals surface area contributed by atoms with E-state index in [1.165, 1.54) is 5.56 Å². The highest BCUT2D eigenvalue weighted by molar-refractivity contribution is 7.85. The Bertz CT molecular complexity index is 426. The zero-order valence-corrected chi connectivity index (χ0v) is 12.5. The number of methoxy groups -OCH3 is 1. The van der Waals surface area contributed by atoms with Gasteiger partial charge in [-0.15, -0.1) is 0 Å². The second kappa shape index (κ2) is 7.06. The molecule has 1 saturated heterocycles. The molecule has 1 aromatic carbocycles. The predicted molar refractivity (Wildman–Crippen MR) is 80.1 cm³/mol. The van der Waals surface area contributed by atoms with Crippen LogP contribution in [-0.2, 0) is 10.8 Å². The monoisotopic (exact) mass is 281 g/mol. The molecule has 0 radical (unpaired) electrons. The van der Waals surface area contributed by atoms with Crippen LogP contribution in [0.1, 0.15) is 37.8 Å². The number of ether oxygens (including phenoxy) is 1. The van der Waals surface area contributed by atoms with Gasteiger partial charge in [-0.3, -0.25) is 4.21 Å². The van der Waals surface area contributed by atoms with Gasteiger partial charge in [0.2, 0.25) is 0 Å². The number of hydrogen-bond acceptors (Lipinski definition) is 3. The van der Waals surface area contributed by atoms with E-state index in [4.69, 9.17) is 4.74 Å². The summed E-state index contributed by atoms with van der Waals surface area (Å²) in [6.45, 7) is 2.19. The first-order valence-electron chi connectivity index (χ1n) is 6.98. The zero-order chi connectivity index (χ0) is 13.7. The first-order chi connectivity index (χ1) is 9.24. The molecule has 1 aliphatic rings. The fourth-order valence-corrected chi connectivity index (χ4v) is 3.93. The molecule has 0 bridgehead atoms. The molecule has 1 aliphatic heterocycles. The normalized spacial score (nSPS) is 24.9. The highest BCUT2D eigenvalue weighted by atomic mass is 32.2. The second-order valence-electron chi connectivity index (χ2n) is 4.99. The highest BCUT2D eigenvalue weighted by Gasteiger charge is 2.22. The van der Waals surface area contributed by atoms with Gasteiger partial charge in [-0.1, -0.05) is 25.1 Å². The number of nitrogens with one attached hydrogen (secondary N) is 1. The lowest BCUT2D eigenvalue weighted by Crippen LogP contribution is -2.38. The summed E-state index contributed by atoms with van der Waals surface area (Å²) in [4.78, 5) is 0. The van der Waals surface area contributed by atoms with E-state index in [1.54, 1.807) is 7.11 Å². The number of benzene rings is 1. The van der Waals surface area contributed by atoms with Crippen LogP contribution in [0.2, 0.25) is 0 Å². The van der Waals surface area contributed by atoms with Crippen LogP contribution in [-0.4, -0.2) is 28.9 Å². The second-order valence-corrected chi connectivity index (χ2v) is 6.69. The molecule has 1 fully saturated rings. The maximum atomic E-state index is 11.4. The molecule has 1 atom stereocenters. The first kappa shape index (κ1) is 14.5. The number of hydrogen-bond donors (Lipinski definition) is 1. The van der Waals surface area contributed by atoms with E-state index in [9.17, 15) is 4.21 Å². The van der Waals surface area contributed by atoms with Crippen molar-refractivity contribution in [1.29, 1.82) is 0 Å². The molecule has 0 saturated carbocycles. The Labute approximate surface area is 118 Å². The summed E-state index contributed by atoms with van der Waals surface area (Å²) in [5, 5.41) is 3.70.